The number of guanidine groups is 1. The molecule has 1 aliphatic heterocycles. The van der Waals surface area contributed by atoms with Crippen LogP contribution >= 0.6 is 24.0 Å². The van der Waals surface area contributed by atoms with E-state index in [9.17, 15) is 17.6 Å². The highest BCUT2D eigenvalue weighted by Gasteiger charge is 2.34. The van der Waals surface area contributed by atoms with E-state index in [1.807, 2.05) is 19.0 Å². The molecule has 10 heteroatoms. The number of benzene rings is 1. The van der Waals surface area contributed by atoms with Crippen LogP contribution in [0.15, 0.2) is 23.2 Å². The SMILES string of the molecule is CN=C(NCc1ccc(F)c(CN(C)C)c1)NC1CCN(CC(F)(F)F)C1.I. The van der Waals surface area contributed by atoms with E-state index in [2.05, 4.69) is 15.6 Å². The highest BCUT2D eigenvalue weighted by molar-refractivity contribution is 14.0. The summed E-state index contributed by atoms with van der Waals surface area (Å²) in [4.78, 5) is 7.41. The Bertz CT molecular complexity index is 651. The van der Waals surface area contributed by atoms with E-state index in [1.165, 1.54) is 11.0 Å². The van der Waals surface area contributed by atoms with Crippen LogP contribution in [0.2, 0.25) is 0 Å². The summed E-state index contributed by atoms with van der Waals surface area (Å²) in [6, 6.07) is 4.86. The molecule has 1 aromatic carbocycles. The third-order valence-corrected chi connectivity index (χ3v) is 4.30. The normalized spacial score (nSPS) is 18.3. The smallest absolute Gasteiger partial charge is 0.352 e. The molecule has 160 valence electrons. The van der Waals surface area contributed by atoms with E-state index < -0.39 is 12.7 Å². The third-order valence-electron chi connectivity index (χ3n) is 4.30. The van der Waals surface area contributed by atoms with Crippen molar-refractivity contribution in [1.82, 2.24) is 20.4 Å². The van der Waals surface area contributed by atoms with Gasteiger partial charge in [0.1, 0.15) is 5.82 Å². The van der Waals surface area contributed by atoms with E-state index in [-0.39, 0.29) is 35.8 Å². The molecule has 0 bridgehead atoms. The number of nitrogens with zero attached hydrogens (tertiary/aromatic N) is 3. The number of likely N-dealkylation sites (tertiary alicyclic amines) is 1. The fourth-order valence-corrected chi connectivity index (χ4v) is 3.12. The molecule has 0 aromatic heterocycles. The molecule has 0 spiro atoms. The highest BCUT2D eigenvalue weighted by atomic mass is 127. The van der Waals surface area contributed by atoms with Gasteiger partial charge in [-0.15, -0.1) is 24.0 Å². The van der Waals surface area contributed by atoms with Crippen molar-refractivity contribution in [3.63, 3.8) is 0 Å². The van der Waals surface area contributed by atoms with Crippen LogP contribution in [-0.2, 0) is 13.1 Å². The van der Waals surface area contributed by atoms with Gasteiger partial charge in [-0.05, 0) is 38.2 Å². The van der Waals surface area contributed by atoms with Crippen molar-refractivity contribution in [2.45, 2.75) is 31.7 Å². The maximum Gasteiger partial charge on any atom is 0.401 e. The Morgan fingerprint density at radius 3 is 2.64 bits per heavy atom. The molecule has 1 aliphatic rings. The predicted molar refractivity (Wildman–Crippen MR) is 113 cm³/mol. The van der Waals surface area contributed by atoms with Gasteiger partial charge in [0.15, 0.2) is 5.96 Å². The van der Waals surface area contributed by atoms with E-state index in [4.69, 9.17) is 0 Å². The summed E-state index contributed by atoms with van der Waals surface area (Å²) < 4.78 is 51.3. The van der Waals surface area contributed by atoms with Crippen molar-refractivity contribution in [2.75, 3.05) is 40.8 Å². The minimum atomic E-state index is -4.18. The molecule has 2 rings (SSSR count). The molecule has 1 saturated heterocycles. The summed E-state index contributed by atoms with van der Waals surface area (Å²) in [6.45, 7) is 0.786. The zero-order valence-electron chi connectivity index (χ0n) is 16.3. The van der Waals surface area contributed by atoms with Gasteiger partial charge in [-0.3, -0.25) is 9.89 Å². The molecule has 0 aliphatic carbocycles. The minimum Gasteiger partial charge on any atom is -0.352 e. The molecule has 2 N–H and O–H groups in total. The molecule has 0 amide bonds. The Morgan fingerprint density at radius 1 is 1.32 bits per heavy atom. The molecule has 0 saturated carbocycles. The number of hydrogen-bond donors (Lipinski definition) is 2. The van der Waals surface area contributed by atoms with E-state index in [0.29, 0.717) is 44.1 Å². The van der Waals surface area contributed by atoms with Crippen molar-refractivity contribution in [1.29, 1.82) is 0 Å². The summed E-state index contributed by atoms with van der Waals surface area (Å²) in [5.74, 6) is 0.276. The molecule has 1 aromatic rings. The van der Waals surface area contributed by atoms with Gasteiger partial charge in [-0.25, -0.2) is 4.39 Å². The lowest BCUT2D eigenvalue weighted by Crippen LogP contribution is -2.44. The van der Waals surface area contributed by atoms with Crippen LogP contribution < -0.4 is 10.6 Å². The number of aliphatic imine (C=N–C) groups is 1. The highest BCUT2D eigenvalue weighted by Crippen LogP contribution is 2.20. The summed E-state index contributed by atoms with van der Waals surface area (Å²) in [6.07, 6.45) is -3.55. The van der Waals surface area contributed by atoms with Crippen molar-refractivity contribution in [3.8, 4) is 0 Å². The molecule has 1 atom stereocenters. The van der Waals surface area contributed by atoms with Crippen molar-refractivity contribution < 1.29 is 17.6 Å². The summed E-state index contributed by atoms with van der Waals surface area (Å²) in [7, 11) is 5.36. The molecular weight excluding hydrogens is 489 g/mol. The summed E-state index contributed by atoms with van der Waals surface area (Å²) in [5, 5.41) is 6.30. The first kappa shape index (κ1) is 24.9. The molecule has 0 radical (unpaired) electrons. The second kappa shape index (κ2) is 11.1. The van der Waals surface area contributed by atoms with Crippen LogP contribution in [0.3, 0.4) is 0 Å². The Balaban J connectivity index is 0.00000392. The van der Waals surface area contributed by atoms with Crippen LogP contribution in [0.25, 0.3) is 0 Å². The predicted octanol–water partition coefficient (Wildman–Crippen LogP) is 2.81. The van der Waals surface area contributed by atoms with Gasteiger partial charge >= 0.3 is 6.18 Å². The van der Waals surface area contributed by atoms with Crippen LogP contribution in [-0.4, -0.2) is 68.8 Å². The fourth-order valence-electron chi connectivity index (χ4n) is 3.12. The maximum atomic E-state index is 13.9. The number of nitrogens with one attached hydrogen (secondary N) is 2. The number of alkyl halides is 3. The van der Waals surface area contributed by atoms with Gasteiger partial charge in [0.05, 0.1) is 6.54 Å². The monoisotopic (exact) mass is 517 g/mol. The van der Waals surface area contributed by atoms with E-state index >= 15 is 0 Å². The molecule has 1 unspecified atom stereocenters. The molecule has 28 heavy (non-hydrogen) atoms. The molecule has 1 heterocycles. The first-order valence-electron chi connectivity index (χ1n) is 8.84. The van der Waals surface area contributed by atoms with Crippen molar-refractivity contribution >= 4 is 29.9 Å². The fraction of sp³-hybridized carbons (Fsp3) is 0.611. The standard InChI is InChI=1S/C18H27F4N5.HI/c1-23-17(25-15-6-7-27(11-15)12-18(20,21)22)24-9-13-4-5-16(19)14(8-13)10-26(2)3;/h4-5,8,15H,6-7,9-12H2,1-3H3,(H2,23,24,25);1H. The van der Waals surface area contributed by atoms with Gasteiger partial charge in [-0.2, -0.15) is 13.2 Å². The maximum absolute atomic E-state index is 13.9. The van der Waals surface area contributed by atoms with Crippen molar-refractivity contribution in [2.24, 2.45) is 4.99 Å². The lowest BCUT2D eigenvalue weighted by atomic mass is 10.1. The zero-order chi connectivity index (χ0) is 20.0. The van der Waals surface area contributed by atoms with Gasteiger partial charge in [0.2, 0.25) is 0 Å². The quantitative estimate of drug-likeness (QED) is 0.264. The van der Waals surface area contributed by atoms with E-state index in [1.54, 1.807) is 19.2 Å². The van der Waals surface area contributed by atoms with Gasteiger partial charge < -0.3 is 15.5 Å². The lowest BCUT2D eigenvalue weighted by molar-refractivity contribution is -0.143. The van der Waals surface area contributed by atoms with E-state index in [0.717, 1.165) is 5.56 Å². The molecule has 1 fully saturated rings. The van der Waals surface area contributed by atoms with Crippen LogP contribution in [0.5, 0.6) is 0 Å². The lowest BCUT2D eigenvalue weighted by Gasteiger charge is -2.20. The largest absolute Gasteiger partial charge is 0.401 e. The first-order chi connectivity index (χ1) is 12.7. The number of hydrogen-bond acceptors (Lipinski definition) is 3. The number of halogens is 5. The van der Waals surface area contributed by atoms with Crippen LogP contribution in [0.1, 0.15) is 17.5 Å². The first-order valence-corrected chi connectivity index (χ1v) is 8.84. The molecular formula is C18H28F4IN5. The Kier molecular flexibility index (Phi) is 9.91. The Labute approximate surface area is 180 Å². The average molecular weight is 517 g/mol. The topological polar surface area (TPSA) is 42.9 Å². The van der Waals surface area contributed by atoms with Crippen LogP contribution in [0, 0.1) is 5.82 Å². The van der Waals surface area contributed by atoms with Gasteiger partial charge in [0.25, 0.3) is 0 Å². The minimum absolute atomic E-state index is 0. The summed E-state index contributed by atoms with van der Waals surface area (Å²) >= 11 is 0. The summed E-state index contributed by atoms with van der Waals surface area (Å²) in [5.41, 5.74) is 1.52. The zero-order valence-corrected chi connectivity index (χ0v) is 18.6. The Morgan fingerprint density at radius 2 is 2.04 bits per heavy atom. The second-order valence-electron chi connectivity index (χ2n) is 7.07. The average Bonchev–Trinajstić information content (AvgIpc) is 2.98. The Hall–Kier alpha value is -1.14. The number of rotatable bonds is 6. The third kappa shape index (κ3) is 8.48. The van der Waals surface area contributed by atoms with Gasteiger partial charge in [-0.1, -0.05) is 6.07 Å². The molecule has 5 nitrogen and oxygen atoms in total. The second-order valence-corrected chi connectivity index (χ2v) is 7.07. The van der Waals surface area contributed by atoms with Crippen LogP contribution in [0.4, 0.5) is 17.6 Å². The van der Waals surface area contributed by atoms with Gasteiger partial charge in [0, 0.05) is 44.8 Å². The van der Waals surface area contributed by atoms with Crippen molar-refractivity contribution in [3.05, 3.63) is 35.1 Å².